The summed E-state index contributed by atoms with van der Waals surface area (Å²) < 4.78 is 6.90. The minimum absolute atomic E-state index is 0.586. The first-order valence-corrected chi connectivity index (χ1v) is 18.3. The summed E-state index contributed by atoms with van der Waals surface area (Å²) >= 11 is 0. The van der Waals surface area contributed by atoms with Crippen molar-refractivity contribution in [1.82, 2.24) is 13.7 Å². The van der Waals surface area contributed by atoms with E-state index in [9.17, 15) is 10.5 Å². The zero-order chi connectivity index (χ0) is 36.6. The average molecular weight is 700 g/mol. The normalized spacial score (nSPS) is 11.6. The SMILES string of the molecule is N#Cc1ccc2c3ccccc3n(-c3cccc(-c4cccc(C#N)c4-n4c5ccccc5c5c(-n6c7ccccc7c7ccccc76)cccc54)c3)c2c1. The molecule has 0 amide bonds. The van der Waals surface area contributed by atoms with Gasteiger partial charge in [0.1, 0.15) is 6.07 Å². The molecule has 0 spiro atoms. The van der Waals surface area contributed by atoms with Gasteiger partial charge in [0.25, 0.3) is 0 Å². The van der Waals surface area contributed by atoms with Crippen LogP contribution in [-0.2, 0) is 0 Å². The maximum Gasteiger partial charge on any atom is 0.101 e. The summed E-state index contributed by atoms with van der Waals surface area (Å²) in [6.07, 6.45) is 0. The van der Waals surface area contributed by atoms with Gasteiger partial charge in [0, 0.05) is 43.6 Å². The van der Waals surface area contributed by atoms with Crippen LogP contribution in [-0.4, -0.2) is 13.7 Å². The van der Waals surface area contributed by atoms with Crippen LogP contribution in [0.1, 0.15) is 11.1 Å². The molecule has 0 aliphatic carbocycles. The molecule has 5 heteroatoms. The standard InChI is InChI=1S/C50H29N5/c51-30-32-26-27-40-39-17-1-5-20-42(39)53(48(40)28-32)35-14-9-12-33(29-35)36-19-10-13-34(31-52)50(36)55-45-23-8-4-18-41(45)49-46(24-11-25-47(49)55)54-43-21-6-2-15-37(43)38-16-3-7-22-44(38)54/h1-29H. The van der Waals surface area contributed by atoms with Gasteiger partial charge < -0.3 is 13.7 Å². The molecule has 11 rings (SSSR count). The Morgan fingerprint density at radius 3 is 1.62 bits per heavy atom. The first kappa shape index (κ1) is 30.7. The number of hydrogen-bond donors (Lipinski definition) is 0. The number of fused-ring (bicyclic) bond motifs is 9. The Kier molecular flexibility index (Phi) is 6.61. The fourth-order valence-electron chi connectivity index (χ4n) is 8.85. The van der Waals surface area contributed by atoms with E-state index in [-0.39, 0.29) is 0 Å². The topological polar surface area (TPSA) is 62.4 Å². The molecule has 0 N–H and O–H groups in total. The number of hydrogen-bond acceptors (Lipinski definition) is 2. The third kappa shape index (κ3) is 4.39. The first-order chi connectivity index (χ1) is 27.2. The lowest BCUT2D eigenvalue weighted by Crippen LogP contribution is -2.02. The van der Waals surface area contributed by atoms with E-state index in [1.807, 2.05) is 30.3 Å². The molecule has 3 aromatic heterocycles. The Morgan fingerprint density at radius 1 is 0.382 bits per heavy atom. The Morgan fingerprint density at radius 2 is 0.945 bits per heavy atom. The van der Waals surface area contributed by atoms with E-state index in [4.69, 9.17) is 0 Å². The number of rotatable bonds is 4. The number of nitrogens with zero attached hydrogens (tertiary/aromatic N) is 5. The van der Waals surface area contributed by atoms with Crippen molar-refractivity contribution >= 4 is 65.4 Å². The van der Waals surface area contributed by atoms with Crippen LogP contribution in [0.5, 0.6) is 0 Å². The van der Waals surface area contributed by atoms with E-state index in [2.05, 4.69) is 171 Å². The molecule has 0 saturated carbocycles. The highest BCUT2D eigenvalue weighted by atomic mass is 15.0. The molecule has 0 saturated heterocycles. The van der Waals surface area contributed by atoms with Crippen molar-refractivity contribution in [3.63, 3.8) is 0 Å². The van der Waals surface area contributed by atoms with Gasteiger partial charge in [-0.25, -0.2) is 0 Å². The monoisotopic (exact) mass is 699 g/mol. The molecule has 254 valence electrons. The summed E-state index contributed by atoms with van der Waals surface area (Å²) in [7, 11) is 0. The number of para-hydroxylation sites is 5. The second-order valence-electron chi connectivity index (χ2n) is 14.0. The van der Waals surface area contributed by atoms with Crippen molar-refractivity contribution in [1.29, 1.82) is 10.5 Å². The highest BCUT2D eigenvalue weighted by Crippen LogP contribution is 2.43. The highest BCUT2D eigenvalue weighted by molar-refractivity contribution is 6.17. The van der Waals surface area contributed by atoms with E-state index in [0.29, 0.717) is 11.1 Å². The Labute approximate surface area is 316 Å². The molecule has 0 bridgehead atoms. The van der Waals surface area contributed by atoms with Crippen LogP contribution in [0.25, 0.3) is 93.6 Å². The van der Waals surface area contributed by atoms with Gasteiger partial charge in [0.2, 0.25) is 0 Å². The van der Waals surface area contributed by atoms with Gasteiger partial charge in [-0.05, 0) is 72.3 Å². The fourth-order valence-corrected chi connectivity index (χ4v) is 8.85. The van der Waals surface area contributed by atoms with E-state index < -0.39 is 0 Å². The molecule has 0 atom stereocenters. The third-order valence-corrected chi connectivity index (χ3v) is 11.1. The van der Waals surface area contributed by atoms with Crippen molar-refractivity contribution < 1.29 is 0 Å². The third-order valence-electron chi connectivity index (χ3n) is 11.1. The predicted molar refractivity (Wildman–Crippen MR) is 224 cm³/mol. The lowest BCUT2D eigenvalue weighted by atomic mass is 9.99. The van der Waals surface area contributed by atoms with Gasteiger partial charge in [-0.2, -0.15) is 10.5 Å². The molecular weight excluding hydrogens is 671 g/mol. The first-order valence-electron chi connectivity index (χ1n) is 18.3. The fraction of sp³-hybridized carbons (Fsp3) is 0. The van der Waals surface area contributed by atoms with E-state index >= 15 is 0 Å². The van der Waals surface area contributed by atoms with Gasteiger partial charge in [0.15, 0.2) is 0 Å². The quantitative estimate of drug-likeness (QED) is 0.184. The Hall–Kier alpha value is -7.86. The van der Waals surface area contributed by atoms with Crippen LogP contribution in [0, 0.1) is 22.7 Å². The zero-order valence-electron chi connectivity index (χ0n) is 29.5. The average Bonchev–Trinajstić information content (AvgIpc) is 3.89. The summed E-state index contributed by atoms with van der Waals surface area (Å²) in [6, 6.07) is 65.9. The molecule has 8 aromatic carbocycles. The van der Waals surface area contributed by atoms with Gasteiger partial charge in [0.05, 0.1) is 61.7 Å². The molecule has 3 heterocycles. The molecule has 0 aliphatic heterocycles. The Bertz CT molecular complexity index is 3420. The lowest BCUT2D eigenvalue weighted by Gasteiger charge is -2.17. The smallest absolute Gasteiger partial charge is 0.101 e. The number of aromatic nitrogens is 3. The van der Waals surface area contributed by atoms with Gasteiger partial charge in [-0.3, -0.25) is 0 Å². The van der Waals surface area contributed by atoms with Crippen molar-refractivity contribution in [2.24, 2.45) is 0 Å². The number of nitriles is 2. The molecule has 5 nitrogen and oxygen atoms in total. The van der Waals surface area contributed by atoms with Gasteiger partial charge in [-0.15, -0.1) is 0 Å². The molecule has 0 aliphatic rings. The van der Waals surface area contributed by atoms with Crippen LogP contribution in [0.15, 0.2) is 176 Å². The minimum Gasteiger partial charge on any atom is -0.309 e. The predicted octanol–water partition coefficient (Wildman–Crippen LogP) is 12.4. The highest BCUT2D eigenvalue weighted by Gasteiger charge is 2.23. The van der Waals surface area contributed by atoms with Gasteiger partial charge in [-0.1, -0.05) is 109 Å². The molecule has 0 radical (unpaired) electrons. The van der Waals surface area contributed by atoms with E-state index in [1.54, 1.807) is 0 Å². The van der Waals surface area contributed by atoms with Crippen molar-refractivity contribution in [3.05, 3.63) is 187 Å². The summed E-state index contributed by atoms with van der Waals surface area (Å²) in [5.41, 5.74) is 12.4. The number of benzene rings is 8. The van der Waals surface area contributed by atoms with Crippen LogP contribution in [0.4, 0.5) is 0 Å². The van der Waals surface area contributed by atoms with E-state index in [1.165, 1.54) is 10.8 Å². The van der Waals surface area contributed by atoms with E-state index in [0.717, 1.165) is 82.8 Å². The maximum atomic E-state index is 10.8. The summed E-state index contributed by atoms with van der Waals surface area (Å²) in [4.78, 5) is 0. The van der Waals surface area contributed by atoms with Gasteiger partial charge >= 0.3 is 0 Å². The summed E-state index contributed by atoms with van der Waals surface area (Å²) in [5.74, 6) is 0. The maximum absolute atomic E-state index is 10.8. The largest absolute Gasteiger partial charge is 0.309 e. The van der Waals surface area contributed by atoms with Crippen LogP contribution in [0.2, 0.25) is 0 Å². The van der Waals surface area contributed by atoms with Crippen LogP contribution < -0.4 is 0 Å². The van der Waals surface area contributed by atoms with Crippen LogP contribution >= 0.6 is 0 Å². The molecular formula is C50H29N5. The van der Waals surface area contributed by atoms with Crippen molar-refractivity contribution in [2.45, 2.75) is 0 Å². The molecule has 11 aromatic rings. The lowest BCUT2D eigenvalue weighted by molar-refractivity contribution is 1.16. The van der Waals surface area contributed by atoms with Crippen molar-refractivity contribution in [3.8, 4) is 40.3 Å². The summed E-state index contributed by atoms with van der Waals surface area (Å²) in [5, 5.41) is 27.5. The second kappa shape index (κ2) is 11.8. The Balaban J connectivity index is 1.20. The molecule has 0 fully saturated rings. The van der Waals surface area contributed by atoms with Crippen LogP contribution in [0.3, 0.4) is 0 Å². The molecule has 0 unspecified atom stereocenters. The second-order valence-corrected chi connectivity index (χ2v) is 14.0. The zero-order valence-corrected chi connectivity index (χ0v) is 29.5. The summed E-state index contributed by atoms with van der Waals surface area (Å²) in [6.45, 7) is 0. The molecule has 55 heavy (non-hydrogen) atoms. The van der Waals surface area contributed by atoms with Crippen molar-refractivity contribution in [2.75, 3.05) is 0 Å². The minimum atomic E-state index is 0.586.